The molecule has 8 heteroatoms. The minimum atomic E-state index is -0.471. The second-order valence-corrected chi connectivity index (χ2v) is 9.28. The third-order valence-corrected chi connectivity index (χ3v) is 5.59. The van der Waals surface area contributed by atoms with Crippen molar-refractivity contribution in [3.63, 3.8) is 0 Å². The molecule has 0 spiro atoms. The first-order valence-corrected chi connectivity index (χ1v) is 11.0. The van der Waals surface area contributed by atoms with Crippen molar-refractivity contribution in [3.8, 4) is 0 Å². The molecule has 34 heavy (non-hydrogen) atoms. The number of rotatable bonds is 4. The molecule has 2 aromatic carbocycles. The number of carbonyl (C=O) groups is 1. The molecule has 0 bridgehead atoms. The molecule has 7 nitrogen and oxygen atoms in total. The van der Waals surface area contributed by atoms with Crippen molar-refractivity contribution in [3.05, 3.63) is 119 Å². The Labute approximate surface area is 199 Å². The third kappa shape index (κ3) is 4.84. The number of benzene rings is 2. The van der Waals surface area contributed by atoms with Crippen molar-refractivity contribution in [1.82, 2.24) is 19.9 Å². The fourth-order valence-corrected chi connectivity index (χ4v) is 3.81. The lowest BCUT2D eigenvalue weighted by Gasteiger charge is -2.16. The van der Waals surface area contributed by atoms with E-state index in [4.69, 9.17) is 11.6 Å². The Kier molecular flexibility index (Phi) is 6.22. The van der Waals surface area contributed by atoms with Gasteiger partial charge in [-0.2, -0.15) is 0 Å². The monoisotopic (exact) mass is 474 g/mol. The van der Waals surface area contributed by atoms with Crippen LogP contribution in [0.15, 0.2) is 64.4 Å². The number of ketones is 1. The molecule has 0 aliphatic heterocycles. The summed E-state index contributed by atoms with van der Waals surface area (Å²) in [4.78, 5) is 50.8. The van der Waals surface area contributed by atoms with E-state index in [0.717, 1.165) is 5.69 Å². The van der Waals surface area contributed by atoms with Gasteiger partial charge < -0.3 is 15.0 Å². The fourth-order valence-electron chi connectivity index (χ4n) is 3.59. The Morgan fingerprint density at radius 1 is 0.941 bits per heavy atom. The molecule has 2 aromatic heterocycles. The highest BCUT2D eigenvalue weighted by atomic mass is 35.5. The smallest absolute Gasteiger partial charge is 0.272 e. The molecule has 0 aliphatic carbocycles. The van der Waals surface area contributed by atoms with Gasteiger partial charge in [0.1, 0.15) is 10.7 Å². The summed E-state index contributed by atoms with van der Waals surface area (Å²) < 4.78 is 0. The van der Waals surface area contributed by atoms with E-state index in [1.807, 2.05) is 20.8 Å². The second kappa shape index (κ2) is 9.11. The van der Waals surface area contributed by atoms with E-state index in [1.54, 1.807) is 60.9 Å². The number of carbonyl (C=O) groups excluding carboxylic acids is 1. The molecule has 2 heterocycles. The van der Waals surface area contributed by atoms with Crippen LogP contribution in [-0.2, 0) is 5.41 Å². The summed E-state index contributed by atoms with van der Waals surface area (Å²) in [7, 11) is 0. The molecule has 172 valence electrons. The van der Waals surface area contributed by atoms with Crippen molar-refractivity contribution in [2.75, 3.05) is 0 Å². The molecule has 0 saturated carbocycles. The van der Waals surface area contributed by atoms with Crippen molar-refractivity contribution < 1.29 is 4.79 Å². The maximum Gasteiger partial charge on any atom is 0.272 e. The molecule has 4 rings (SSSR count). The zero-order chi connectivity index (χ0) is 24.5. The highest BCUT2D eigenvalue weighted by Gasteiger charge is 2.19. The number of hydrogen-bond donors (Lipinski definition) is 3. The predicted molar refractivity (Wildman–Crippen MR) is 133 cm³/mol. The second-order valence-electron chi connectivity index (χ2n) is 8.87. The normalized spacial score (nSPS) is 12.8. The van der Waals surface area contributed by atoms with Crippen LogP contribution < -0.4 is 21.8 Å². The molecule has 0 unspecified atom stereocenters. The number of hydrogen-bond acceptors (Lipinski definition) is 4. The Morgan fingerprint density at radius 3 is 2.29 bits per heavy atom. The van der Waals surface area contributed by atoms with Gasteiger partial charge in [-0.3, -0.25) is 14.4 Å². The van der Waals surface area contributed by atoms with Gasteiger partial charge in [0, 0.05) is 22.2 Å². The van der Waals surface area contributed by atoms with Crippen LogP contribution in [0.25, 0.3) is 12.2 Å². The van der Waals surface area contributed by atoms with E-state index < -0.39 is 11.1 Å². The summed E-state index contributed by atoms with van der Waals surface area (Å²) >= 11 is 6.15. The van der Waals surface area contributed by atoms with Gasteiger partial charge in [0.2, 0.25) is 0 Å². The molecular weight excluding hydrogens is 452 g/mol. The number of imidazole rings is 1. The molecule has 0 amide bonds. The molecule has 0 saturated heterocycles. The third-order valence-electron chi connectivity index (χ3n) is 5.26. The number of aromatic amines is 3. The van der Waals surface area contributed by atoms with Crippen LogP contribution >= 0.6 is 11.6 Å². The van der Waals surface area contributed by atoms with Gasteiger partial charge in [-0.25, -0.2) is 4.98 Å². The first-order chi connectivity index (χ1) is 16.1. The van der Waals surface area contributed by atoms with Crippen molar-refractivity contribution in [2.45, 2.75) is 26.2 Å². The van der Waals surface area contributed by atoms with E-state index in [9.17, 15) is 14.4 Å². The molecule has 0 radical (unpaired) electrons. The Balaban J connectivity index is 1.74. The summed E-state index contributed by atoms with van der Waals surface area (Å²) in [5.74, 6) is -0.234. The Morgan fingerprint density at radius 2 is 1.62 bits per heavy atom. The summed E-state index contributed by atoms with van der Waals surface area (Å²) in [5.41, 5.74) is 1.67. The summed E-state index contributed by atoms with van der Waals surface area (Å²) in [6.07, 6.45) is 4.62. The van der Waals surface area contributed by atoms with E-state index in [1.165, 1.54) is 6.08 Å². The summed E-state index contributed by atoms with van der Waals surface area (Å²) in [5, 5.41) is 0.533. The minimum absolute atomic E-state index is 0.0718. The molecule has 0 aliphatic rings. The Bertz CT molecular complexity index is 1620. The Hall–Kier alpha value is -3.97. The van der Waals surface area contributed by atoms with Gasteiger partial charge in [-0.05, 0) is 35.9 Å². The summed E-state index contributed by atoms with van der Waals surface area (Å²) in [6, 6.07) is 13.6. The lowest BCUT2D eigenvalue weighted by atomic mass is 9.90. The van der Waals surface area contributed by atoms with Gasteiger partial charge in [0.25, 0.3) is 11.1 Å². The lowest BCUT2D eigenvalue weighted by molar-refractivity contribution is 0.103. The highest BCUT2D eigenvalue weighted by molar-refractivity contribution is 6.35. The number of H-pyrrole nitrogens is 3. The van der Waals surface area contributed by atoms with Crippen LogP contribution in [0, 0.1) is 0 Å². The van der Waals surface area contributed by atoms with Crippen LogP contribution in [0.2, 0.25) is 5.02 Å². The van der Waals surface area contributed by atoms with Crippen LogP contribution in [0.5, 0.6) is 0 Å². The first kappa shape index (κ1) is 23.2. The van der Waals surface area contributed by atoms with Gasteiger partial charge in [0.05, 0.1) is 17.0 Å². The molecule has 0 atom stereocenters. The highest BCUT2D eigenvalue weighted by Crippen LogP contribution is 2.23. The maximum atomic E-state index is 12.9. The number of nitrogens with one attached hydrogen (secondary N) is 3. The van der Waals surface area contributed by atoms with Crippen molar-refractivity contribution >= 4 is 29.5 Å². The van der Waals surface area contributed by atoms with Crippen LogP contribution in [-0.4, -0.2) is 25.7 Å². The quantitative estimate of drug-likeness (QED) is 0.395. The molecular formula is C26H23ClN4O3. The molecule has 4 aromatic rings. The number of nitrogens with zero attached hydrogens (tertiary/aromatic N) is 1. The zero-order valence-corrected chi connectivity index (χ0v) is 19.7. The van der Waals surface area contributed by atoms with E-state index in [2.05, 4.69) is 19.9 Å². The van der Waals surface area contributed by atoms with Crippen LogP contribution in [0.4, 0.5) is 0 Å². The SMILES string of the molecule is CC(C)(C)c1[nH]cnc1/C=c1\[nH]c(=O)/c(=C/c2cccc(C(=O)c3ccccc3Cl)c2)[nH]c1=O. The largest absolute Gasteiger partial charge is 0.348 e. The average molecular weight is 475 g/mol. The van der Waals surface area contributed by atoms with Crippen molar-refractivity contribution in [1.29, 1.82) is 0 Å². The molecule has 0 fully saturated rings. The van der Waals surface area contributed by atoms with Crippen LogP contribution in [0.3, 0.4) is 0 Å². The topological polar surface area (TPSA) is 111 Å². The number of halogens is 1. The average Bonchev–Trinajstić information content (AvgIpc) is 3.26. The van der Waals surface area contributed by atoms with Crippen LogP contribution in [0.1, 0.15) is 53.6 Å². The maximum absolute atomic E-state index is 12.9. The van der Waals surface area contributed by atoms with E-state index >= 15 is 0 Å². The zero-order valence-electron chi connectivity index (χ0n) is 18.9. The first-order valence-electron chi connectivity index (χ1n) is 10.6. The van der Waals surface area contributed by atoms with Gasteiger partial charge >= 0.3 is 0 Å². The fraction of sp³-hybridized carbons (Fsp3) is 0.154. The van der Waals surface area contributed by atoms with E-state index in [-0.39, 0.29) is 21.9 Å². The standard InChI is InChI=1S/C26H23ClN4O3/c1-26(2,3)23-19(28-14-29-23)13-21-25(34)30-20(24(33)31-21)12-15-7-6-8-16(11-15)22(32)17-9-4-5-10-18(17)27/h4-14H,1-3H3,(H,28,29)(H,30,34)(H,31,33)/b20-12-,21-13-. The lowest BCUT2D eigenvalue weighted by Crippen LogP contribution is -2.46. The van der Waals surface area contributed by atoms with Gasteiger partial charge in [-0.15, -0.1) is 0 Å². The predicted octanol–water partition coefficient (Wildman–Crippen LogP) is 2.63. The van der Waals surface area contributed by atoms with Gasteiger partial charge in [-0.1, -0.05) is 62.7 Å². The summed E-state index contributed by atoms with van der Waals surface area (Å²) in [6.45, 7) is 6.06. The molecule has 3 N–H and O–H groups in total. The van der Waals surface area contributed by atoms with Gasteiger partial charge in [0.15, 0.2) is 5.78 Å². The minimum Gasteiger partial charge on any atom is -0.348 e. The van der Waals surface area contributed by atoms with E-state index in [0.29, 0.717) is 27.4 Å². The van der Waals surface area contributed by atoms with Crippen molar-refractivity contribution in [2.24, 2.45) is 0 Å². The number of aromatic nitrogens is 4.